The van der Waals surface area contributed by atoms with Crippen molar-refractivity contribution in [3.05, 3.63) is 87.3 Å². The molecule has 2 aromatic carbocycles. The van der Waals surface area contributed by atoms with Crippen LogP contribution < -0.4 is 5.56 Å². The summed E-state index contributed by atoms with van der Waals surface area (Å²) >= 11 is 6.30. The van der Waals surface area contributed by atoms with E-state index in [-0.39, 0.29) is 16.6 Å². The number of nitriles is 1. The molecule has 0 saturated carbocycles. The second kappa shape index (κ2) is 6.69. The molecule has 0 spiro atoms. The van der Waals surface area contributed by atoms with Crippen LogP contribution in [0.25, 0.3) is 11.1 Å². The Morgan fingerprint density at radius 2 is 1.92 bits per heavy atom. The molecule has 0 radical (unpaired) electrons. The predicted molar refractivity (Wildman–Crippen MR) is 93.9 cm³/mol. The molecular formula is C19H14ClN3O. The number of nitrogens with zero attached hydrogens (tertiary/aromatic N) is 3. The monoisotopic (exact) mass is 335 g/mol. The first kappa shape index (κ1) is 16.0. The van der Waals surface area contributed by atoms with E-state index in [9.17, 15) is 4.79 Å². The van der Waals surface area contributed by atoms with Crippen LogP contribution in [0.5, 0.6) is 0 Å². The van der Waals surface area contributed by atoms with Gasteiger partial charge in [0.1, 0.15) is 5.02 Å². The molecule has 1 aromatic heterocycles. The van der Waals surface area contributed by atoms with Crippen LogP contribution in [0.2, 0.25) is 5.02 Å². The Hall–Kier alpha value is -2.90. The summed E-state index contributed by atoms with van der Waals surface area (Å²) in [5.41, 5.74) is 2.35. The van der Waals surface area contributed by atoms with Crippen LogP contribution in [0.1, 0.15) is 24.1 Å². The lowest BCUT2D eigenvalue weighted by Gasteiger charge is -2.15. The minimum absolute atomic E-state index is 0.0999. The summed E-state index contributed by atoms with van der Waals surface area (Å²) in [5, 5.41) is 13.4. The van der Waals surface area contributed by atoms with Crippen molar-refractivity contribution in [1.29, 1.82) is 5.26 Å². The number of halogens is 1. The van der Waals surface area contributed by atoms with E-state index in [2.05, 4.69) is 11.2 Å². The normalized spacial score (nSPS) is 11.7. The Kier molecular flexibility index (Phi) is 4.45. The van der Waals surface area contributed by atoms with E-state index in [1.807, 2.05) is 37.3 Å². The Morgan fingerprint density at radius 3 is 2.62 bits per heavy atom. The molecular weight excluding hydrogens is 322 g/mol. The van der Waals surface area contributed by atoms with Crippen molar-refractivity contribution in [2.24, 2.45) is 0 Å². The van der Waals surface area contributed by atoms with Crippen LogP contribution in [-0.4, -0.2) is 9.78 Å². The second-order valence-electron chi connectivity index (χ2n) is 5.40. The smallest absolute Gasteiger partial charge is 0.266 e. The summed E-state index contributed by atoms with van der Waals surface area (Å²) in [4.78, 5) is 12.6. The summed E-state index contributed by atoms with van der Waals surface area (Å²) in [6.45, 7) is 1.90. The van der Waals surface area contributed by atoms with Crippen molar-refractivity contribution >= 4 is 11.6 Å². The average molecular weight is 336 g/mol. The lowest BCUT2D eigenvalue weighted by atomic mass is 10.1. The number of benzene rings is 2. The molecule has 0 bridgehead atoms. The average Bonchev–Trinajstić information content (AvgIpc) is 2.64. The number of hydrogen-bond acceptors (Lipinski definition) is 3. The highest BCUT2D eigenvalue weighted by Crippen LogP contribution is 2.26. The standard InChI is InChI=1S/C19H14ClN3O/c1-13(15-7-3-2-4-8-15)23-19(24)18(20)17(12-22-23)16-9-5-6-14(10-16)11-21/h2-10,12-13H,1H3. The fourth-order valence-electron chi connectivity index (χ4n) is 2.55. The van der Waals surface area contributed by atoms with Crippen LogP contribution in [0, 0.1) is 11.3 Å². The second-order valence-corrected chi connectivity index (χ2v) is 5.78. The van der Waals surface area contributed by atoms with Gasteiger partial charge in [-0.2, -0.15) is 10.4 Å². The van der Waals surface area contributed by atoms with Gasteiger partial charge in [-0.1, -0.05) is 54.1 Å². The van der Waals surface area contributed by atoms with Gasteiger partial charge in [-0.15, -0.1) is 0 Å². The van der Waals surface area contributed by atoms with Crippen LogP contribution in [0.4, 0.5) is 0 Å². The van der Waals surface area contributed by atoms with E-state index in [1.54, 1.807) is 30.5 Å². The summed E-state index contributed by atoms with van der Waals surface area (Å²) in [5.74, 6) is 0. The lowest BCUT2D eigenvalue weighted by molar-refractivity contribution is 0.532. The van der Waals surface area contributed by atoms with Gasteiger partial charge in [-0.25, -0.2) is 4.68 Å². The molecule has 0 N–H and O–H groups in total. The van der Waals surface area contributed by atoms with E-state index >= 15 is 0 Å². The number of hydrogen-bond donors (Lipinski definition) is 0. The summed E-state index contributed by atoms with van der Waals surface area (Å²) < 4.78 is 1.37. The maximum atomic E-state index is 12.6. The Balaban J connectivity index is 2.07. The van der Waals surface area contributed by atoms with Gasteiger partial charge >= 0.3 is 0 Å². The first-order valence-electron chi connectivity index (χ1n) is 7.44. The molecule has 1 heterocycles. The van der Waals surface area contributed by atoms with E-state index in [4.69, 9.17) is 16.9 Å². The maximum absolute atomic E-state index is 12.6. The Labute approximate surface area is 144 Å². The zero-order valence-electron chi connectivity index (χ0n) is 13.0. The van der Waals surface area contributed by atoms with E-state index in [0.717, 1.165) is 5.56 Å². The van der Waals surface area contributed by atoms with Crippen molar-refractivity contribution in [3.8, 4) is 17.2 Å². The molecule has 0 aliphatic heterocycles. The van der Waals surface area contributed by atoms with Crippen LogP contribution >= 0.6 is 11.6 Å². The third kappa shape index (κ3) is 2.94. The number of aromatic nitrogens is 2. The maximum Gasteiger partial charge on any atom is 0.286 e. The Morgan fingerprint density at radius 1 is 1.17 bits per heavy atom. The molecule has 4 nitrogen and oxygen atoms in total. The third-order valence-electron chi connectivity index (χ3n) is 3.90. The Bertz CT molecular complexity index is 974. The molecule has 0 saturated heterocycles. The topological polar surface area (TPSA) is 58.7 Å². The van der Waals surface area contributed by atoms with Crippen LogP contribution in [0.15, 0.2) is 65.6 Å². The highest BCUT2D eigenvalue weighted by atomic mass is 35.5. The zero-order chi connectivity index (χ0) is 17.1. The van der Waals surface area contributed by atoms with E-state index in [1.165, 1.54) is 4.68 Å². The summed E-state index contributed by atoms with van der Waals surface area (Å²) in [6.07, 6.45) is 1.57. The molecule has 3 aromatic rings. The van der Waals surface area contributed by atoms with Crippen molar-refractivity contribution in [3.63, 3.8) is 0 Å². The number of rotatable bonds is 3. The minimum atomic E-state index is -0.354. The quantitative estimate of drug-likeness (QED) is 0.725. The highest BCUT2D eigenvalue weighted by Gasteiger charge is 2.16. The van der Waals surface area contributed by atoms with Crippen molar-refractivity contribution in [1.82, 2.24) is 9.78 Å². The van der Waals surface area contributed by atoms with Gasteiger partial charge in [0.25, 0.3) is 5.56 Å². The molecule has 1 unspecified atom stereocenters. The molecule has 0 fully saturated rings. The fraction of sp³-hybridized carbons (Fsp3) is 0.105. The van der Waals surface area contributed by atoms with Gasteiger partial charge in [0.15, 0.2) is 0 Å². The minimum Gasteiger partial charge on any atom is -0.266 e. The molecule has 24 heavy (non-hydrogen) atoms. The first-order chi connectivity index (χ1) is 11.6. The van der Waals surface area contributed by atoms with E-state index < -0.39 is 0 Å². The van der Waals surface area contributed by atoms with Gasteiger partial charge in [0.05, 0.1) is 23.9 Å². The van der Waals surface area contributed by atoms with Crippen molar-refractivity contribution in [2.45, 2.75) is 13.0 Å². The predicted octanol–water partition coefficient (Wildman–Crippen LogP) is 4.04. The molecule has 118 valence electrons. The zero-order valence-corrected chi connectivity index (χ0v) is 13.7. The largest absolute Gasteiger partial charge is 0.286 e. The highest BCUT2D eigenvalue weighted by molar-refractivity contribution is 6.33. The molecule has 0 amide bonds. The molecule has 1 atom stereocenters. The van der Waals surface area contributed by atoms with Crippen molar-refractivity contribution < 1.29 is 0 Å². The molecule has 5 heteroatoms. The third-order valence-corrected chi connectivity index (χ3v) is 4.26. The van der Waals surface area contributed by atoms with Gasteiger partial charge in [0, 0.05) is 5.56 Å². The lowest BCUT2D eigenvalue weighted by Crippen LogP contribution is -2.27. The summed E-state index contributed by atoms with van der Waals surface area (Å²) in [7, 11) is 0. The summed E-state index contributed by atoms with van der Waals surface area (Å²) in [6, 6.07) is 18.4. The van der Waals surface area contributed by atoms with Gasteiger partial charge in [0.2, 0.25) is 0 Å². The van der Waals surface area contributed by atoms with E-state index in [0.29, 0.717) is 16.7 Å². The first-order valence-corrected chi connectivity index (χ1v) is 7.82. The fourth-order valence-corrected chi connectivity index (χ4v) is 2.80. The van der Waals surface area contributed by atoms with Crippen LogP contribution in [-0.2, 0) is 0 Å². The van der Waals surface area contributed by atoms with Gasteiger partial charge in [-0.05, 0) is 30.2 Å². The molecule has 3 rings (SSSR count). The van der Waals surface area contributed by atoms with Crippen molar-refractivity contribution in [2.75, 3.05) is 0 Å². The molecule has 0 aliphatic rings. The van der Waals surface area contributed by atoms with Crippen LogP contribution in [0.3, 0.4) is 0 Å². The van der Waals surface area contributed by atoms with Gasteiger partial charge < -0.3 is 0 Å². The SMILES string of the molecule is CC(c1ccccc1)n1ncc(-c2cccc(C#N)c2)c(Cl)c1=O. The van der Waals surface area contributed by atoms with Gasteiger partial charge in [-0.3, -0.25) is 4.79 Å². The molecule has 0 aliphatic carbocycles.